The molecule has 6 heteroatoms. The molecule has 1 aromatic carbocycles. The lowest BCUT2D eigenvalue weighted by Crippen LogP contribution is -2.53. The predicted octanol–water partition coefficient (Wildman–Crippen LogP) is 1.50. The first-order chi connectivity index (χ1) is 11.6. The van der Waals surface area contributed by atoms with E-state index in [0.29, 0.717) is 29.0 Å². The number of likely N-dealkylation sites (tertiary alicyclic amines) is 1. The standard InChI is InChI=1S/C18H26N2O4/c1-19-8-9-24-12-13-6-7-20(11-16(13)19)18(21)15-5-4-14(22-2)10-17(15)23-3/h4-5,10,13,16H,6-9,11-12H2,1-3H3. The van der Waals surface area contributed by atoms with Crippen molar-refractivity contribution in [3.8, 4) is 11.5 Å². The number of likely N-dealkylation sites (N-methyl/N-ethyl adjacent to an activating group) is 1. The zero-order chi connectivity index (χ0) is 17.1. The van der Waals surface area contributed by atoms with Crippen molar-refractivity contribution >= 4 is 5.91 Å². The molecular weight excluding hydrogens is 308 g/mol. The summed E-state index contributed by atoms with van der Waals surface area (Å²) in [6.45, 7) is 3.96. The molecule has 3 rings (SSSR count). The third-order valence-electron chi connectivity index (χ3n) is 5.13. The molecule has 132 valence electrons. The maximum Gasteiger partial charge on any atom is 0.257 e. The van der Waals surface area contributed by atoms with Crippen LogP contribution in [0.5, 0.6) is 11.5 Å². The highest BCUT2D eigenvalue weighted by molar-refractivity contribution is 5.97. The molecule has 2 aliphatic rings. The van der Waals surface area contributed by atoms with Crippen molar-refractivity contribution in [1.29, 1.82) is 0 Å². The molecule has 1 aromatic rings. The second-order valence-electron chi connectivity index (χ2n) is 6.49. The molecule has 0 N–H and O–H groups in total. The van der Waals surface area contributed by atoms with Gasteiger partial charge in [0.1, 0.15) is 11.5 Å². The fourth-order valence-corrected chi connectivity index (χ4v) is 3.61. The highest BCUT2D eigenvalue weighted by Gasteiger charge is 2.36. The largest absolute Gasteiger partial charge is 0.497 e. The van der Waals surface area contributed by atoms with Gasteiger partial charge in [-0.15, -0.1) is 0 Å². The Morgan fingerprint density at radius 2 is 2.08 bits per heavy atom. The fourth-order valence-electron chi connectivity index (χ4n) is 3.61. The van der Waals surface area contributed by atoms with Crippen molar-refractivity contribution in [2.45, 2.75) is 12.5 Å². The van der Waals surface area contributed by atoms with Crippen molar-refractivity contribution in [2.24, 2.45) is 5.92 Å². The molecule has 0 spiro atoms. The minimum absolute atomic E-state index is 0.0199. The highest BCUT2D eigenvalue weighted by atomic mass is 16.5. The summed E-state index contributed by atoms with van der Waals surface area (Å²) in [5.74, 6) is 1.76. The van der Waals surface area contributed by atoms with Crippen LogP contribution >= 0.6 is 0 Å². The van der Waals surface area contributed by atoms with Crippen LogP contribution in [-0.2, 0) is 4.74 Å². The zero-order valence-electron chi connectivity index (χ0n) is 14.7. The number of carbonyl (C=O) groups is 1. The molecule has 24 heavy (non-hydrogen) atoms. The Morgan fingerprint density at radius 3 is 2.83 bits per heavy atom. The Labute approximate surface area is 143 Å². The van der Waals surface area contributed by atoms with Crippen LogP contribution in [0.25, 0.3) is 0 Å². The third kappa shape index (κ3) is 3.35. The van der Waals surface area contributed by atoms with Gasteiger partial charge in [-0.1, -0.05) is 0 Å². The van der Waals surface area contributed by atoms with Gasteiger partial charge < -0.3 is 19.1 Å². The molecule has 2 fully saturated rings. The number of piperidine rings is 1. The quantitative estimate of drug-likeness (QED) is 0.838. The lowest BCUT2D eigenvalue weighted by Gasteiger charge is -2.41. The van der Waals surface area contributed by atoms with Gasteiger partial charge in [-0.25, -0.2) is 0 Å². The van der Waals surface area contributed by atoms with Gasteiger partial charge in [0.15, 0.2) is 0 Å². The van der Waals surface area contributed by atoms with E-state index in [1.54, 1.807) is 32.4 Å². The van der Waals surface area contributed by atoms with Crippen molar-refractivity contribution < 1.29 is 19.0 Å². The van der Waals surface area contributed by atoms with E-state index in [2.05, 4.69) is 11.9 Å². The van der Waals surface area contributed by atoms with E-state index in [0.717, 1.165) is 39.3 Å². The second kappa shape index (κ2) is 7.40. The number of amides is 1. The Kier molecular flexibility index (Phi) is 5.26. The Balaban J connectivity index is 1.78. The topological polar surface area (TPSA) is 51.2 Å². The van der Waals surface area contributed by atoms with Crippen LogP contribution in [0.1, 0.15) is 16.8 Å². The molecule has 2 unspecified atom stereocenters. The first-order valence-electron chi connectivity index (χ1n) is 8.43. The summed E-state index contributed by atoms with van der Waals surface area (Å²) in [4.78, 5) is 17.3. The minimum Gasteiger partial charge on any atom is -0.497 e. The Morgan fingerprint density at radius 1 is 1.25 bits per heavy atom. The molecule has 0 radical (unpaired) electrons. The molecular formula is C18H26N2O4. The number of rotatable bonds is 3. The molecule has 2 heterocycles. The van der Waals surface area contributed by atoms with Gasteiger partial charge in [-0.05, 0) is 25.6 Å². The fraction of sp³-hybridized carbons (Fsp3) is 0.611. The molecule has 0 aromatic heterocycles. The lowest BCUT2D eigenvalue weighted by molar-refractivity contribution is 0.0431. The summed E-state index contributed by atoms with van der Waals surface area (Å²) in [6, 6.07) is 5.69. The van der Waals surface area contributed by atoms with Crippen molar-refractivity contribution in [2.75, 3.05) is 54.1 Å². The van der Waals surface area contributed by atoms with E-state index in [-0.39, 0.29) is 5.91 Å². The van der Waals surface area contributed by atoms with Gasteiger partial charge in [0, 0.05) is 37.7 Å². The summed E-state index contributed by atoms with van der Waals surface area (Å²) in [5.41, 5.74) is 0.587. The van der Waals surface area contributed by atoms with Gasteiger partial charge in [0.2, 0.25) is 0 Å². The SMILES string of the molecule is COc1ccc(C(=O)N2CCC3COCCN(C)C3C2)c(OC)c1. The first-order valence-corrected chi connectivity index (χ1v) is 8.43. The van der Waals surface area contributed by atoms with Crippen LogP contribution in [0.4, 0.5) is 0 Å². The monoisotopic (exact) mass is 334 g/mol. The number of benzene rings is 1. The average Bonchev–Trinajstić information content (AvgIpc) is 2.81. The van der Waals surface area contributed by atoms with Gasteiger partial charge >= 0.3 is 0 Å². The summed E-state index contributed by atoms with van der Waals surface area (Å²) in [7, 11) is 5.30. The number of nitrogens with zero attached hydrogens (tertiary/aromatic N) is 2. The third-order valence-corrected chi connectivity index (χ3v) is 5.13. The van der Waals surface area contributed by atoms with E-state index >= 15 is 0 Å². The lowest BCUT2D eigenvalue weighted by atomic mass is 9.91. The number of carbonyl (C=O) groups excluding carboxylic acids is 1. The normalized spacial score (nSPS) is 24.9. The molecule has 2 saturated heterocycles. The van der Waals surface area contributed by atoms with Gasteiger partial charge in [0.25, 0.3) is 5.91 Å². The minimum atomic E-state index is 0.0199. The van der Waals surface area contributed by atoms with E-state index in [4.69, 9.17) is 14.2 Å². The van der Waals surface area contributed by atoms with Crippen molar-refractivity contribution in [3.05, 3.63) is 23.8 Å². The van der Waals surface area contributed by atoms with Crippen LogP contribution in [-0.4, -0.2) is 75.9 Å². The summed E-state index contributed by atoms with van der Waals surface area (Å²) >= 11 is 0. The number of hydrogen-bond donors (Lipinski definition) is 0. The van der Waals surface area contributed by atoms with Gasteiger partial charge in [-0.2, -0.15) is 0 Å². The summed E-state index contributed by atoms with van der Waals surface area (Å²) < 4.78 is 16.3. The molecule has 0 bridgehead atoms. The molecule has 0 saturated carbocycles. The van der Waals surface area contributed by atoms with Crippen LogP contribution in [0.2, 0.25) is 0 Å². The number of methoxy groups -OCH3 is 2. The molecule has 1 amide bonds. The smallest absolute Gasteiger partial charge is 0.257 e. The molecule has 2 atom stereocenters. The molecule has 0 aliphatic carbocycles. The number of fused-ring (bicyclic) bond motifs is 1. The first kappa shape index (κ1) is 17.0. The van der Waals surface area contributed by atoms with E-state index < -0.39 is 0 Å². The summed E-state index contributed by atoms with van der Waals surface area (Å²) in [5, 5.41) is 0. The van der Waals surface area contributed by atoms with Crippen molar-refractivity contribution in [1.82, 2.24) is 9.80 Å². The van der Waals surface area contributed by atoms with Crippen molar-refractivity contribution in [3.63, 3.8) is 0 Å². The summed E-state index contributed by atoms with van der Waals surface area (Å²) in [6.07, 6.45) is 0.971. The molecule has 6 nitrogen and oxygen atoms in total. The van der Waals surface area contributed by atoms with Gasteiger partial charge in [-0.3, -0.25) is 9.69 Å². The predicted molar refractivity (Wildman–Crippen MR) is 90.8 cm³/mol. The van der Waals surface area contributed by atoms with Crippen LogP contribution in [0, 0.1) is 5.92 Å². The maximum atomic E-state index is 13.0. The number of hydrogen-bond acceptors (Lipinski definition) is 5. The van der Waals surface area contributed by atoms with Crippen LogP contribution in [0.3, 0.4) is 0 Å². The zero-order valence-corrected chi connectivity index (χ0v) is 14.7. The van der Waals surface area contributed by atoms with E-state index in [1.165, 1.54) is 0 Å². The highest BCUT2D eigenvalue weighted by Crippen LogP contribution is 2.29. The molecule has 2 aliphatic heterocycles. The van der Waals surface area contributed by atoms with E-state index in [1.807, 2.05) is 4.90 Å². The van der Waals surface area contributed by atoms with Gasteiger partial charge in [0.05, 0.1) is 33.0 Å². The van der Waals surface area contributed by atoms with E-state index in [9.17, 15) is 4.79 Å². The Bertz CT molecular complexity index is 592. The second-order valence-corrected chi connectivity index (χ2v) is 6.49. The van der Waals surface area contributed by atoms with Crippen LogP contribution < -0.4 is 9.47 Å². The maximum absolute atomic E-state index is 13.0. The average molecular weight is 334 g/mol. The number of ether oxygens (including phenoxy) is 3. The Hall–Kier alpha value is -1.79. The van der Waals surface area contributed by atoms with Crippen LogP contribution in [0.15, 0.2) is 18.2 Å².